The first-order valence-electron chi connectivity index (χ1n) is 9.37. The molecule has 1 amide bonds. The third kappa shape index (κ3) is 5.31. The van der Waals surface area contributed by atoms with Crippen molar-refractivity contribution in [2.45, 2.75) is 31.3 Å². The summed E-state index contributed by atoms with van der Waals surface area (Å²) >= 11 is 0. The van der Waals surface area contributed by atoms with Gasteiger partial charge in [-0.15, -0.1) is 0 Å². The van der Waals surface area contributed by atoms with Crippen LogP contribution >= 0.6 is 0 Å². The molecule has 0 aliphatic rings. The van der Waals surface area contributed by atoms with Crippen molar-refractivity contribution in [3.63, 3.8) is 0 Å². The summed E-state index contributed by atoms with van der Waals surface area (Å²) < 4.78 is 28.0. The van der Waals surface area contributed by atoms with Gasteiger partial charge in [-0.3, -0.25) is 4.79 Å². The van der Waals surface area contributed by atoms with Gasteiger partial charge in [-0.1, -0.05) is 66.7 Å². The molecule has 3 aromatic carbocycles. The van der Waals surface area contributed by atoms with E-state index in [1.165, 1.54) is 12.1 Å². The molecule has 3 aromatic rings. The van der Waals surface area contributed by atoms with Crippen LogP contribution in [-0.2, 0) is 16.6 Å². The predicted molar refractivity (Wildman–Crippen MR) is 114 cm³/mol. The predicted octanol–water partition coefficient (Wildman–Crippen LogP) is 3.96. The number of benzene rings is 3. The largest absolute Gasteiger partial charge is 0.346 e. The number of carbonyl (C=O) groups excluding carboxylic acids is 1. The fraction of sp³-hybridized carbons (Fsp3) is 0.174. The Morgan fingerprint density at radius 2 is 1.55 bits per heavy atom. The minimum absolute atomic E-state index is 0.0662. The van der Waals surface area contributed by atoms with Crippen molar-refractivity contribution in [3.05, 3.63) is 101 Å². The lowest BCUT2D eigenvalue weighted by Gasteiger charge is -2.16. The Bertz CT molecular complexity index is 1080. The summed E-state index contributed by atoms with van der Waals surface area (Å²) in [4.78, 5) is 12.8. The number of aryl methyl sites for hydroxylation is 1. The number of amides is 1. The first-order chi connectivity index (χ1) is 13.9. The molecule has 3 rings (SSSR count). The van der Waals surface area contributed by atoms with Gasteiger partial charge < -0.3 is 5.32 Å². The van der Waals surface area contributed by atoms with E-state index in [1.54, 1.807) is 13.0 Å². The lowest BCUT2D eigenvalue weighted by atomic mass is 10.1. The van der Waals surface area contributed by atoms with Gasteiger partial charge in [-0.25, -0.2) is 13.1 Å². The molecule has 0 heterocycles. The summed E-state index contributed by atoms with van der Waals surface area (Å²) in [5, 5.41) is 2.94. The van der Waals surface area contributed by atoms with E-state index in [2.05, 4.69) is 10.0 Å². The fourth-order valence-electron chi connectivity index (χ4n) is 2.97. The molecule has 0 saturated carbocycles. The van der Waals surface area contributed by atoms with E-state index in [9.17, 15) is 13.2 Å². The average molecular weight is 409 g/mol. The number of hydrogen-bond donors (Lipinski definition) is 2. The Labute approximate surface area is 171 Å². The van der Waals surface area contributed by atoms with E-state index in [4.69, 9.17) is 0 Å². The van der Waals surface area contributed by atoms with Gasteiger partial charge in [0.05, 0.1) is 10.9 Å². The second-order valence-electron chi connectivity index (χ2n) is 6.89. The molecular formula is C23H24N2O3S. The van der Waals surface area contributed by atoms with Gasteiger partial charge in [0.2, 0.25) is 10.0 Å². The molecule has 0 spiro atoms. The lowest BCUT2D eigenvalue weighted by molar-refractivity contribution is 0.0939. The van der Waals surface area contributed by atoms with Gasteiger partial charge in [0.1, 0.15) is 0 Å². The molecule has 0 saturated heterocycles. The molecule has 0 bridgehead atoms. The third-order valence-electron chi connectivity index (χ3n) is 4.72. The quantitative estimate of drug-likeness (QED) is 0.621. The van der Waals surface area contributed by atoms with Gasteiger partial charge in [-0.2, -0.15) is 0 Å². The van der Waals surface area contributed by atoms with E-state index >= 15 is 0 Å². The number of nitrogens with one attached hydrogen (secondary N) is 2. The zero-order valence-corrected chi connectivity index (χ0v) is 17.2. The second-order valence-corrected chi connectivity index (χ2v) is 8.66. The Morgan fingerprint density at radius 3 is 2.21 bits per heavy atom. The number of carbonyl (C=O) groups is 1. The highest BCUT2D eigenvalue weighted by Crippen LogP contribution is 2.18. The van der Waals surface area contributed by atoms with Crippen LogP contribution in [0.4, 0.5) is 0 Å². The Balaban J connectivity index is 1.77. The van der Waals surface area contributed by atoms with Gasteiger partial charge in [0.25, 0.3) is 5.91 Å². The Hall–Kier alpha value is -2.96. The van der Waals surface area contributed by atoms with Crippen LogP contribution < -0.4 is 10.0 Å². The molecule has 0 fully saturated rings. The number of hydrogen-bond acceptors (Lipinski definition) is 3. The molecule has 1 atom stereocenters. The first-order valence-corrected chi connectivity index (χ1v) is 10.9. The smallest absolute Gasteiger partial charge is 0.252 e. The van der Waals surface area contributed by atoms with E-state index in [0.29, 0.717) is 11.1 Å². The maximum atomic E-state index is 12.8. The summed E-state index contributed by atoms with van der Waals surface area (Å²) in [5.74, 6) is -0.307. The summed E-state index contributed by atoms with van der Waals surface area (Å²) in [6.45, 7) is 3.87. The van der Waals surface area contributed by atoms with Crippen molar-refractivity contribution in [2.24, 2.45) is 0 Å². The van der Waals surface area contributed by atoms with Gasteiger partial charge in [0.15, 0.2) is 0 Å². The van der Waals surface area contributed by atoms with Crippen LogP contribution in [0, 0.1) is 6.92 Å². The zero-order chi connectivity index (χ0) is 20.9. The van der Waals surface area contributed by atoms with Crippen molar-refractivity contribution in [1.82, 2.24) is 10.0 Å². The minimum atomic E-state index is -3.74. The number of sulfonamides is 1. The summed E-state index contributed by atoms with van der Waals surface area (Å²) in [5.41, 5.74) is 2.89. The first kappa shape index (κ1) is 20.8. The van der Waals surface area contributed by atoms with Crippen molar-refractivity contribution in [2.75, 3.05) is 0 Å². The van der Waals surface area contributed by atoms with Crippen molar-refractivity contribution in [1.29, 1.82) is 0 Å². The molecule has 0 radical (unpaired) electrons. The van der Waals surface area contributed by atoms with Gasteiger partial charge >= 0.3 is 0 Å². The molecule has 6 heteroatoms. The molecule has 29 heavy (non-hydrogen) atoms. The maximum absolute atomic E-state index is 12.8. The molecule has 5 nitrogen and oxygen atoms in total. The van der Waals surface area contributed by atoms with Crippen LogP contribution in [0.1, 0.15) is 40.0 Å². The highest BCUT2D eigenvalue weighted by Gasteiger charge is 2.19. The SMILES string of the molecule is Cc1ccc(S(=O)(=O)NCc2ccccc2)cc1C(=O)NC(C)c1ccccc1. The highest BCUT2D eigenvalue weighted by atomic mass is 32.2. The third-order valence-corrected chi connectivity index (χ3v) is 6.12. The standard InChI is InChI=1S/C23H24N2O3S/c1-17-13-14-21(29(27,28)24-16-19-9-5-3-6-10-19)15-22(17)23(26)25-18(2)20-11-7-4-8-12-20/h3-15,18,24H,16H2,1-2H3,(H,25,26). The van der Waals surface area contributed by atoms with Crippen molar-refractivity contribution < 1.29 is 13.2 Å². The average Bonchev–Trinajstić information content (AvgIpc) is 2.74. The maximum Gasteiger partial charge on any atom is 0.252 e. The van der Waals surface area contributed by atoms with E-state index in [0.717, 1.165) is 11.1 Å². The summed E-state index contributed by atoms with van der Waals surface area (Å²) in [6, 6.07) is 23.3. The Kier molecular flexibility index (Phi) is 6.46. The van der Waals surface area contributed by atoms with E-state index in [1.807, 2.05) is 67.6 Å². The van der Waals surface area contributed by atoms with E-state index < -0.39 is 10.0 Å². The normalized spacial score (nSPS) is 12.3. The fourth-order valence-corrected chi connectivity index (χ4v) is 4.01. The minimum Gasteiger partial charge on any atom is -0.346 e. The van der Waals surface area contributed by atoms with Crippen molar-refractivity contribution in [3.8, 4) is 0 Å². The van der Waals surface area contributed by atoms with Crippen LogP contribution in [0.3, 0.4) is 0 Å². The van der Waals surface area contributed by atoms with Crippen LogP contribution in [0.15, 0.2) is 83.8 Å². The second kappa shape index (κ2) is 9.03. The van der Waals surface area contributed by atoms with Crippen molar-refractivity contribution >= 4 is 15.9 Å². The van der Waals surface area contributed by atoms with Crippen LogP contribution in [0.25, 0.3) is 0 Å². The Morgan fingerprint density at radius 1 is 0.931 bits per heavy atom. The zero-order valence-electron chi connectivity index (χ0n) is 16.4. The van der Waals surface area contributed by atoms with Gasteiger partial charge in [-0.05, 0) is 42.7 Å². The molecule has 0 aromatic heterocycles. The summed E-state index contributed by atoms with van der Waals surface area (Å²) in [7, 11) is -3.74. The molecule has 0 aliphatic carbocycles. The monoisotopic (exact) mass is 408 g/mol. The topological polar surface area (TPSA) is 75.3 Å². The van der Waals surface area contributed by atoms with Crippen LogP contribution in [-0.4, -0.2) is 14.3 Å². The molecule has 1 unspecified atom stereocenters. The lowest BCUT2D eigenvalue weighted by Crippen LogP contribution is -2.28. The van der Waals surface area contributed by atoms with Crippen LogP contribution in [0.2, 0.25) is 0 Å². The van der Waals surface area contributed by atoms with E-state index in [-0.39, 0.29) is 23.4 Å². The summed E-state index contributed by atoms with van der Waals surface area (Å²) in [6.07, 6.45) is 0. The molecule has 0 aliphatic heterocycles. The number of rotatable bonds is 7. The molecule has 150 valence electrons. The van der Waals surface area contributed by atoms with Gasteiger partial charge in [0, 0.05) is 12.1 Å². The van der Waals surface area contributed by atoms with Crippen LogP contribution in [0.5, 0.6) is 0 Å². The highest BCUT2D eigenvalue weighted by molar-refractivity contribution is 7.89. The molecule has 2 N–H and O–H groups in total. The molecular weight excluding hydrogens is 384 g/mol.